The summed E-state index contributed by atoms with van der Waals surface area (Å²) in [5.41, 5.74) is 1.15. The highest BCUT2D eigenvalue weighted by Crippen LogP contribution is 2.29. The molecule has 0 bridgehead atoms. The van der Waals surface area contributed by atoms with Crippen LogP contribution in [0.2, 0.25) is 5.04 Å². The van der Waals surface area contributed by atoms with Crippen molar-refractivity contribution in [2.24, 2.45) is 0 Å². The highest BCUT2D eigenvalue weighted by atomic mass is 28.2. The van der Waals surface area contributed by atoms with Gasteiger partial charge in [-0.1, -0.05) is 33.8 Å². The van der Waals surface area contributed by atoms with E-state index in [1.807, 2.05) is 39.0 Å². The highest BCUT2D eigenvalue weighted by Gasteiger charge is 2.27. The van der Waals surface area contributed by atoms with Crippen molar-refractivity contribution in [1.29, 1.82) is 0 Å². The lowest BCUT2D eigenvalue weighted by Gasteiger charge is -2.29. The van der Waals surface area contributed by atoms with E-state index in [1.165, 1.54) is 0 Å². The van der Waals surface area contributed by atoms with E-state index < -0.39 is 11.7 Å². The van der Waals surface area contributed by atoms with Crippen molar-refractivity contribution >= 4 is 9.76 Å². The number of nitrogens with zero attached hydrogens (tertiary/aromatic N) is 1. The molecule has 1 aromatic rings. The number of hydrogen-bond donors (Lipinski definition) is 1. The van der Waals surface area contributed by atoms with Gasteiger partial charge in [0.25, 0.3) is 0 Å². The first-order chi connectivity index (χ1) is 8.65. The molecule has 1 aromatic heterocycles. The first-order valence-electron chi connectivity index (χ1n) is 6.76. The molecule has 0 fully saturated rings. The monoisotopic (exact) mass is 279 g/mol. The summed E-state index contributed by atoms with van der Waals surface area (Å²) in [5, 5.41) is 10.0. The molecule has 3 nitrogen and oxygen atoms in total. The molecule has 4 heteroatoms. The van der Waals surface area contributed by atoms with Gasteiger partial charge in [0, 0.05) is 0 Å². The second kappa shape index (κ2) is 6.16. The summed E-state index contributed by atoms with van der Waals surface area (Å²) < 4.78 is 6.03. The van der Waals surface area contributed by atoms with E-state index in [1.54, 1.807) is 0 Å². The zero-order valence-electron chi connectivity index (χ0n) is 12.8. The molecule has 0 aliphatic heterocycles. The predicted molar refractivity (Wildman–Crippen MR) is 79.1 cm³/mol. The Morgan fingerprint density at radius 1 is 1.26 bits per heavy atom. The molecule has 106 valence electrons. The molecule has 0 spiro atoms. The average Bonchev–Trinajstić information content (AvgIpc) is 2.35. The number of aliphatic hydroxyl groups excluding tert-OH is 1. The maximum Gasteiger partial charge on any atom is 0.237 e. The van der Waals surface area contributed by atoms with E-state index in [0.29, 0.717) is 16.2 Å². The third kappa shape index (κ3) is 5.05. The molecule has 2 radical (unpaired) electrons. The number of aliphatic hydroxyl groups is 1. The smallest absolute Gasteiger partial charge is 0.237 e. The fraction of sp³-hybridized carbons (Fsp3) is 0.667. The Bertz CT molecular complexity index is 413. The first kappa shape index (κ1) is 16.3. The van der Waals surface area contributed by atoms with Crippen LogP contribution >= 0.6 is 0 Å². The number of rotatable bonds is 5. The van der Waals surface area contributed by atoms with E-state index in [2.05, 4.69) is 25.8 Å². The van der Waals surface area contributed by atoms with Gasteiger partial charge in [-0.2, -0.15) is 0 Å². The average molecular weight is 279 g/mol. The van der Waals surface area contributed by atoms with Crippen molar-refractivity contribution in [1.82, 2.24) is 4.98 Å². The van der Waals surface area contributed by atoms with Gasteiger partial charge >= 0.3 is 0 Å². The van der Waals surface area contributed by atoms with Crippen molar-refractivity contribution in [2.45, 2.75) is 64.7 Å². The largest absolute Gasteiger partial charge is 0.406 e. The highest BCUT2D eigenvalue weighted by molar-refractivity contribution is 6.31. The molecule has 0 aliphatic rings. The van der Waals surface area contributed by atoms with Gasteiger partial charge in [0.1, 0.15) is 0 Å². The molecule has 0 aromatic carbocycles. The van der Waals surface area contributed by atoms with E-state index in [4.69, 9.17) is 4.43 Å². The van der Waals surface area contributed by atoms with Crippen LogP contribution in [0, 0.1) is 0 Å². The molecule has 1 heterocycles. The molecular formula is C15H25NO2Si. The summed E-state index contributed by atoms with van der Waals surface area (Å²) in [7, 11) is 0.408. The van der Waals surface area contributed by atoms with Crippen molar-refractivity contribution in [2.75, 3.05) is 0 Å². The van der Waals surface area contributed by atoms with Crippen LogP contribution in [0.15, 0.2) is 18.2 Å². The zero-order valence-corrected chi connectivity index (χ0v) is 13.8. The van der Waals surface area contributed by atoms with Crippen molar-refractivity contribution in [3.63, 3.8) is 0 Å². The molecule has 0 amide bonds. The Morgan fingerprint density at radius 2 is 1.89 bits per heavy atom. The Morgan fingerprint density at radius 3 is 2.42 bits per heavy atom. The van der Waals surface area contributed by atoms with Gasteiger partial charge in [0.15, 0.2) is 0 Å². The van der Waals surface area contributed by atoms with Crippen molar-refractivity contribution in [3.05, 3.63) is 29.6 Å². The van der Waals surface area contributed by atoms with Gasteiger partial charge in [-0.25, -0.2) is 0 Å². The van der Waals surface area contributed by atoms with E-state index in [9.17, 15) is 5.11 Å². The van der Waals surface area contributed by atoms with Gasteiger partial charge in [0.2, 0.25) is 9.76 Å². The van der Waals surface area contributed by atoms with Crippen LogP contribution in [-0.4, -0.2) is 19.9 Å². The number of pyridine rings is 1. The van der Waals surface area contributed by atoms with E-state index >= 15 is 0 Å². The Balaban J connectivity index is 2.88. The van der Waals surface area contributed by atoms with Crippen molar-refractivity contribution < 1.29 is 9.53 Å². The van der Waals surface area contributed by atoms with Crippen LogP contribution in [0.5, 0.6) is 0 Å². The lowest BCUT2D eigenvalue weighted by atomic mass is 10.0. The third-order valence-corrected chi connectivity index (χ3v) is 3.95. The fourth-order valence-corrected chi connectivity index (χ4v) is 2.18. The van der Waals surface area contributed by atoms with Gasteiger partial charge in [-0.15, -0.1) is 0 Å². The number of aromatic nitrogens is 1. The van der Waals surface area contributed by atoms with Gasteiger partial charge in [-0.3, -0.25) is 4.98 Å². The molecule has 19 heavy (non-hydrogen) atoms. The Kier molecular flexibility index (Phi) is 5.30. The molecule has 1 unspecified atom stereocenters. The molecule has 1 atom stereocenters. The summed E-state index contributed by atoms with van der Waals surface area (Å²) in [6.45, 7) is 12.5. The Hall–Kier alpha value is -0.713. The minimum absolute atomic E-state index is 0.151. The van der Waals surface area contributed by atoms with Crippen molar-refractivity contribution in [3.8, 4) is 0 Å². The molecule has 1 rings (SSSR count). The lowest BCUT2D eigenvalue weighted by Crippen LogP contribution is -2.29. The van der Waals surface area contributed by atoms with Crippen LogP contribution in [0.4, 0.5) is 0 Å². The topological polar surface area (TPSA) is 42.4 Å². The fourth-order valence-electron chi connectivity index (χ4n) is 1.51. The van der Waals surface area contributed by atoms with Crippen LogP contribution in [0.1, 0.15) is 65.5 Å². The predicted octanol–water partition coefficient (Wildman–Crippen LogP) is 3.61. The normalized spacial score (nSPS) is 14.5. The van der Waals surface area contributed by atoms with Crippen LogP contribution in [0.3, 0.4) is 0 Å². The molecule has 1 N–H and O–H groups in total. The minimum atomic E-state index is -0.499. The maximum atomic E-state index is 9.88. The summed E-state index contributed by atoms with van der Waals surface area (Å²) >= 11 is 0. The van der Waals surface area contributed by atoms with Crippen LogP contribution < -0.4 is 0 Å². The zero-order chi connectivity index (χ0) is 14.7. The lowest BCUT2D eigenvalue weighted by molar-refractivity contribution is 0.102. The van der Waals surface area contributed by atoms with Crippen LogP contribution in [0.25, 0.3) is 0 Å². The summed E-state index contributed by atoms with van der Waals surface area (Å²) in [5.74, 6) is 0. The third-order valence-electron chi connectivity index (χ3n) is 2.73. The van der Waals surface area contributed by atoms with Crippen LogP contribution in [-0.2, 0) is 10.0 Å². The molecule has 0 saturated carbocycles. The summed E-state index contributed by atoms with van der Waals surface area (Å²) in [4.78, 5) is 4.55. The van der Waals surface area contributed by atoms with Gasteiger partial charge < -0.3 is 9.53 Å². The second-order valence-corrected chi connectivity index (χ2v) is 8.24. The van der Waals surface area contributed by atoms with Gasteiger partial charge in [0.05, 0.1) is 23.1 Å². The molecular weight excluding hydrogens is 254 g/mol. The molecule has 0 saturated heterocycles. The van der Waals surface area contributed by atoms with E-state index in [-0.39, 0.29) is 5.04 Å². The summed E-state index contributed by atoms with van der Waals surface area (Å²) in [6.07, 6.45) is 0.169. The quantitative estimate of drug-likeness (QED) is 0.837. The number of hydrogen-bond acceptors (Lipinski definition) is 3. The maximum absolute atomic E-state index is 9.88. The van der Waals surface area contributed by atoms with E-state index in [0.717, 1.165) is 11.4 Å². The summed E-state index contributed by atoms with van der Waals surface area (Å²) in [6, 6.07) is 5.75. The Labute approximate surface area is 119 Å². The molecule has 0 aliphatic carbocycles. The SMILES string of the molecule is CCC(O)c1cccc(C(C)(C)O[Si]C(C)(C)C)n1. The second-order valence-electron chi connectivity index (χ2n) is 6.34. The first-order valence-corrected chi connectivity index (χ1v) is 7.67. The van der Waals surface area contributed by atoms with Gasteiger partial charge in [-0.05, 0) is 37.4 Å². The standard InChI is InChI=1S/C15H25NO2Si/c1-7-12(17)11-9-8-10-13(16-11)15(5,6)18-19-14(2,3)4/h8-10,12,17H,7H2,1-6H3. The minimum Gasteiger partial charge on any atom is -0.406 e.